The molecule has 0 aliphatic carbocycles. The number of aromatic nitrogens is 1. The molecule has 2 rings (SSSR count). The largest absolute Gasteiger partial charge is 0.481 e. The van der Waals surface area contributed by atoms with E-state index in [2.05, 4.69) is 5.32 Å². The maximum atomic E-state index is 11.7. The molecular weight excluding hydrogens is 196 g/mol. The van der Waals surface area contributed by atoms with E-state index in [9.17, 15) is 9.59 Å². The lowest BCUT2D eigenvalue weighted by molar-refractivity contribution is -0.724. The van der Waals surface area contributed by atoms with Crippen LogP contribution in [0, 0.1) is 0 Å². The SMILES string of the molecule is CC1(CC(=O)O)C(=O)Nc2cccc[n+]21. The second-order valence-electron chi connectivity index (χ2n) is 3.75. The van der Waals surface area contributed by atoms with Crippen molar-refractivity contribution < 1.29 is 19.3 Å². The third-order valence-electron chi connectivity index (χ3n) is 2.62. The fourth-order valence-electron chi connectivity index (χ4n) is 1.80. The zero-order chi connectivity index (χ0) is 11.1. The summed E-state index contributed by atoms with van der Waals surface area (Å²) in [5.74, 6) is -0.640. The van der Waals surface area contributed by atoms with Crippen LogP contribution in [-0.4, -0.2) is 17.0 Å². The highest BCUT2D eigenvalue weighted by molar-refractivity contribution is 5.98. The van der Waals surface area contributed by atoms with E-state index in [1.165, 1.54) is 0 Å². The molecular formula is C10H11N2O3+. The van der Waals surface area contributed by atoms with E-state index in [4.69, 9.17) is 5.11 Å². The summed E-state index contributed by atoms with van der Waals surface area (Å²) < 4.78 is 1.66. The van der Waals surface area contributed by atoms with Gasteiger partial charge in [0.1, 0.15) is 6.42 Å². The third-order valence-corrected chi connectivity index (χ3v) is 2.62. The predicted octanol–water partition coefficient (Wildman–Crippen LogP) is 0.116. The number of aliphatic carboxylic acids is 1. The number of nitrogens with zero attached hydrogens (tertiary/aromatic N) is 1. The van der Waals surface area contributed by atoms with E-state index in [1.807, 2.05) is 0 Å². The molecule has 0 radical (unpaired) electrons. The Morgan fingerprint density at radius 3 is 3.00 bits per heavy atom. The minimum absolute atomic E-state index is 0.222. The lowest BCUT2D eigenvalue weighted by Gasteiger charge is -2.14. The van der Waals surface area contributed by atoms with Crippen molar-refractivity contribution in [3.05, 3.63) is 24.4 Å². The van der Waals surface area contributed by atoms with Gasteiger partial charge >= 0.3 is 11.9 Å². The molecule has 0 saturated heterocycles. The molecule has 1 aromatic heterocycles. The maximum Gasteiger partial charge on any atom is 0.356 e. The van der Waals surface area contributed by atoms with Crippen LogP contribution in [0.25, 0.3) is 0 Å². The molecule has 15 heavy (non-hydrogen) atoms. The van der Waals surface area contributed by atoms with E-state index >= 15 is 0 Å². The highest BCUT2D eigenvalue weighted by Gasteiger charge is 2.51. The van der Waals surface area contributed by atoms with Gasteiger partial charge < -0.3 is 5.11 Å². The number of anilines is 1. The molecule has 0 bridgehead atoms. The minimum atomic E-state index is -1.03. The van der Waals surface area contributed by atoms with Gasteiger partial charge in [0.15, 0.2) is 0 Å². The summed E-state index contributed by atoms with van der Waals surface area (Å²) in [5, 5.41) is 11.4. The molecule has 1 atom stereocenters. The average Bonchev–Trinajstić information content (AvgIpc) is 2.39. The van der Waals surface area contributed by atoms with Crippen molar-refractivity contribution in [3.8, 4) is 0 Å². The zero-order valence-electron chi connectivity index (χ0n) is 8.23. The number of carboxylic acids is 1. The second-order valence-corrected chi connectivity index (χ2v) is 3.75. The van der Waals surface area contributed by atoms with Gasteiger partial charge in [0, 0.05) is 6.07 Å². The van der Waals surface area contributed by atoms with Gasteiger partial charge in [0.05, 0.1) is 6.20 Å². The van der Waals surface area contributed by atoms with Crippen molar-refractivity contribution in [1.82, 2.24) is 0 Å². The van der Waals surface area contributed by atoms with Gasteiger partial charge in [-0.15, -0.1) is 0 Å². The van der Waals surface area contributed by atoms with Crippen molar-refractivity contribution >= 4 is 17.7 Å². The molecule has 0 spiro atoms. The lowest BCUT2D eigenvalue weighted by atomic mass is 9.98. The Morgan fingerprint density at radius 1 is 1.60 bits per heavy atom. The van der Waals surface area contributed by atoms with Crippen LogP contribution in [0.3, 0.4) is 0 Å². The summed E-state index contributed by atoms with van der Waals surface area (Å²) in [7, 11) is 0. The summed E-state index contributed by atoms with van der Waals surface area (Å²) in [6.07, 6.45) is 1.48. The summed E-state index contributed by atoms with van der Waals surface area (Å²) in [5.41, 5.74) is -1.03. The number of nitrogens with one attached hydrogen (secondary N) is 1. The Kier molecular flexibility index (Phi) is 1.96. The molecule has 1 aromatic rings. The third kappa shape index (κ3) is 1.36. The Balaban J connectivity index is 2.49. The van der Waals surface area contributed by atoms with Gasteiger partial charge in [-0.1, -0.05) is 6.07 Å². The zero-order valence-corrected chi connectivity index (χ0v) is 8.23. The molecule has 1 amide bonds. The van der Waals surface area contributed by atoms with Gasteiger partial charge in [0.2, 0.25) is 5.54 Å². The lowest BCUT2D eigenvalue weighted by Crippen LogP contribution is -2.55. The first-order valence-electron chi connectivity index (χ1n) is 4.58. The Bertz CT molecular complexity index is 444. The summed E-state index contributed by atoms with van der Waals surface area (Å²) in [4.78, 5) is 22.4. The van der Waals surface area contributed by atoms with E-state index in [-0.39, 0.29) is 12.3 Å². The van der Waals surface area contributed by atoms with Gasteiger partial charge in [-0.25, -0.2) is 14.7 Å². The van der Waals surface area contributed by atoms with Crippen LogP contribution in [0.1, 0.15) is 13.3 Å². The fourth-order valence-corrected chi connectivity index (χ4v) is 1.80. The molecule has 2 heterocycles. The standard InChI is InChI=1S/C10H10N2O3/c1-10(6-8(13)14)9(15)11-7-4-2-3-5-12(7)10/h2-5H,6H2,1H3,(H,13,14)/p+1. The number of hydrogen-bond donors (Lipinski definition) is 2. The minimum Gasteiger partial charge on any atom is -0.481 e. The van der Waals surface area contributed by atoms with Crippen LogP contribution in [0.4, 0.5) is 5.82 Å². The van der Waals surface area contributed by atoms with E-state index in [0.29, 0.717) is 5.82 Å². The van der Waals surface area contributed by atoms with E-state index in [0.717, 1.165) is 0 Å². The number of carboxylic acid groups (broad SMARTS) is 1. The summed E-state index contributed by atoms with van der Waals surface area (Å²) in [6, 6.07) is 5.30. The number of pyridine rings is 1. The normalized spacial score (nSPS) is 23.4. The topological polar surface area (TPSA) is 70.3 Å². The first-order chi connectivity index (χ1) is 7.04. The fraction of sp³-hybridized carbons (Fsp3) is 0.300. The van der Waals surface area contributed by atoms with Crippen molar-refractivity contribution in [2.45, 2.75) is 18.9 Å². The number of carbonyl (C=O) groups excluding carboxylic acids is 1. The quantitative estimate of drug-likeness (QED) is 0.676. The van der Waals surface area contributed by atoms with Crippen molar-refractivity contribution in [1.29, 1.82) is 0 Å². The first-order valence-corrected chi connectivity index (χ1v) is 4.58. The monoisotopic (exact) mass is 207 g/mol. The summed E-state index contributed by atoms with van der Waals surface area (Å²) in [6.45, 7) is 1.62. The number of rotatable bonds is 2. The maximum absolute atomic E-state index is 11.7. The highest BCUT2D eigenvalue weighted by atomic mass is 16.4. The number of amides is 1. The molecule has 5 heteroatoms. The van der Waals surface area contributed by atoms with E-state index < -0.39 is 11.5 Å². The van der Waals surface area contributed by atoms with Crippen LogP contribution in [0.15, 0.2) is 24.4 Å². The highest BCUT2D eigenvalue weighted by Crippen LogP contribution is 2.23. The number of hydrogen-bond acceptors (Lipinski definition) is 2. The van der Waals surface area contributed by atoms with Crippen LogP contribution >= 0.6 is 0 Å². The van der Waals surface area contributed by atoms with Gasteiger partial charge in [-0.3, -0.25) is 4.79 Å². The molecule has 2 N–H and O–H groups in total. The molecule has 5 nitrogen and oxygen atoms in total. The first kappa shape index (κ1) is 9.64. The van der Waals surface area contributed by atoms with Crippen LogP contribution < -0.4 is 9.88 Å². The van der Waals surface area contributed by atoms with Gasteiger partial charge in [-0.2, -0.15) is 0 Å². The smallest absolute Gasteiger partial charge is 0.356 e. The Morgan fingerprint density at radius 2 is 2.33 bits per heavy atom. The van der Waals surface area contributed by atoms with Gasteiger partial charge in [-0.05, 0) is 13.0 Å². The van der Waals surface area contributed by atoms with Crippen LogP contribution in [0.5, 0.6) is 0 Å². The number of fused-ring (bicyclic) bond motifs is 1. The van der Waals surface area contributed by atoms with Crippen LogP contribution in [0.2, 0.25) is 0 Å². The van der Waals surface area contributed by atoms with Crippen molar-refractivity contribution in [2.24, 2.45) is 0 Å². The van der Waals surface area contributed by atoms with E-state index in [1.54, 1.807) is 35.9 Å². The molecule has 0 fully saturated rings. The number of carbonyl (C=O) groups is 2. The van der Waals surface area contributed by atoms with Crippen molar-refractivity contribution in [3.63, 3.8) is 0 Å². The molecule has 1 aliphatic heterocycles. The molecule has 1 aliphatic rings. The second kappa shape index (κ2) is 3.05. The Labute approximate surface area is 86.3 Å². The molecule has 78 valence electrons. The van der Waals surface area contributed by atoms with Crippen LogP contribution in [-0.2, 0) is 15.1 Å². The predicted molar refractivity (Wildman–Crippen MR) is 51.2 cm³/mol. The summed E-state index contributed by atoms with van der Waals surface area (Å²) >= 11 is 0. The average molecular weight is 207 g/mol. The Hall–Kier alpha value is -1.91. The molecule has 0 aromatic carbocycles. The molecule has 0 saturated carbocycles. The van der Waals surface area contributed by atoms with Crippen molar-refractivity contribution in [2.75, 3.05) is 5.32 Å². The van der Waals surface area contributed by atoms with Gasteiger partial charge in [0.25, 0.3) is 5.82 Å². The molecule has 1 unspecified atom stereocenters.